The molecule has 3 rings (SSSR count). The van der Waals surface area contributed by atoms with Gasteiger partial charge in [0.25, 0.3) is 5.91 Å². The normalized spacial score (nSPS) is 23.8. The fourth-order valence-corrected chi connectivity index (χ4v) is 4.82. The summed E-state index contributed by atoms with van der Waals surface area (Å²) in [6.45, 7) is 9.00. The highest BCUT2D eigenvalue weighted by Gasteiger charge is 2.33. The minimum absolute atomic E-state index is 0.112. The number of nitriles is 1. The molecule has 30 heavy (non-hydrogen) atoms. The summed E-state index contributed by atoms with van der Waals surface area (Å²) >= 11 is 0. The van der Waals surface area contributed by atoms with Crippen molar-refractivity contribution >= 4 is 11.8 Å². The molecule has 2 aliphatic rings. The van der Waals surface area contributed by atoms with Gasteiger partial charge in [-0.25, -0.2) is 0 Å². The van der Waals surface area contributed by atoms with Gasteiger partial charge in [0.1, 0.15) is 0 Å². The van der Waals surface area contributed by atoms with E-state index in [4.69, 9.17) is 5.26 Å². The first kappa shape index (κ1) is 22.1. The molecule has 1 aliphatic carbocycles. The number of nitrogens with one attached hydrogen (secondary N) is 1. The van der Waals surface area contributed by atoms with Crippen molar-refractivity contribution in [2.75, 3.05) is 19.6 Å². The van der Waals surface area contributed by atoms with E-state index in [2.05, 4.69) is 38.2 Å². The van der Waals surface area contributed by atoms with Gasteiger partial charge in [-0.05, 0) is 74.1 Å². The molecular formula is C25H33N3O2. The molecule has 1 aromatic rings. The number of hydrogen-bond donors (Lipinski definition) is 1. The standard InChI is InChI=1S/C25H33N3O2/c1-17(2)23-13-21(14-24(29)28-10-4-5-11-28)18(3)12-22(23)16-27-25(30)20-8-6-19(15-26)7-9-20/h6-9,12,17,21-23H,4-5,10-11,13-14,16H2,1-3H3,(H,27,30)/t21-,22-,23-/m0/s1. The second-order valence-corrected chi connectivity index (χ2v) is 9.11. The predicted octanol–water partition coefficient (Wildman–Crippen LogP) is 4.16. The molecule has 0 radical (unpaired) electrons. The van der Waals surface area contributed by atoms with E-state index in [1.54, 1.807) is 24.3 Å². The van der Waals surface area contributed by atoms with Crippen LogP contribution in [0.15, 0.2) is 35.9 Å². The first-order valence-corrected chi connectivity index (χ1v) is 11.1. The minimum Gasteiger partial charge on any atom is -0.351 e. The van der Waals surface area contributed by atoms with E-state index in [1.165, 1.54) is 5.57 Å². The highest BCUT2D eigenvalue weighted by atomic mass is 16.2. The number of nitrogens with zero attached hydrogens (tertiary/aromatic N) is 2. The summed E-state index contributed by atoms with van der Waals surface area (Å²) in [6, 6.07) is 8.78. The molecule has 0 saturated carbocycles. The van der Waals surface area contributed by atoms with Gasteiger partial charge in [0.2, 0.25) is 5.91 Å². The molecular weight excluding hydrogens is 374 g/mol. The van der Waals surface area contributed by atoms with Crippen molar-refractivity contribution < 1.29 is 9.59 Å². The molecule has 1 aromatic carbocycles. The Labute approximate surface area is 180 Å². The Bertz CT molecular complexity index is 829. The van der Waals surface area contributed by atoms with Crippen LogP contribution in [0.5, 0.6) is 0 Å². The number of rotatable bonds is 6. The molecule has 160 valence electrons. The zero-order chi connectivity index (χ0) is 21.7. The number of amides is 2. The van der Waals surface area contributed by atoms with Crippen LogP contribution < -0.4 is 5.32 Å². The van der Waals surface area contributed by atoms with E-state index in [0.717, 1.165) is 32.4 Å². The number of benzene rings is 1. The number of hydrogen-bond acceptors (Lipinski definition) is 3. The summed E-state index contributed by atoms with van der Waals surface area (Å²) in [4.78, 5) is 27.2. The highest BCUT2D eigenvalue weighted by Crippen LogP contribution is 2.39. The van der Waals surface area contributed by atoms with E-state index >= 15 is 0 Å². The van der Waals surface area contributed by atoms with Gasteiger partial charge in [-0.3, -0.25) is 9.59 Å². The van der Waals surface area contributed by atoms with Crippen molar-refractivity contribution in [2.24, 2.45) is 23.7 Å². The number of likely N-dealkylation sites (tertiary alicyclic amines) is 1. The lowest BCUT2D eigenvalue weighted by Crippen LogP contribution is -2.38. The van der Waals surface area contributed by atoms with Gasteiger partial charge in [-0.15, -0.1) is 0 Å². The zero-order valence-electron chi connectivity index (χ0n) is 18.4. The molecule has 1 heterocycles. The first-order valence-electron chi connectivity index (χ1n) is 11.1. The van der Waals surface area contributed by atoms with E-state index in [0.29, 0.717) is 47.8 Å². The number of carbonyl (C=O) groups excluding carboxylic acids is 2. The van der Waals surface area contributed by atoms with Gasteiger partial charge in [0.05, 0.1) is 11.6 Å². The molecule has 1 aliphatic heterocycles. The lowest BCUT2D eigenvalue weighted by atomic mass is 9.69. The monoisotopic (exact) mass is 407 g/mol. The van der Waals surface area contributed by atoms with Gasteiger partial charge in [0, 0.05) is 31.6 Å². The van der Waals surface area contributed by atoms with Crippen LogP contribution in [0.3, 0.4) is 0 Å². The molecule has 5 nitrogen and oxygen atoms in total. The Morgan fingerprint density at radius 3 is 2.47 bits per heavy atom. The van der Waals surface area contributed by atoms with Gasteiger partial charge < -0.3 is 10.2 Å². The van der Waals surface area contributed by atoms with E-state index < -0.39 is 0 Å². The quantitative estimate of drug-likeness (QED) is 0.720. The van der Waals surface area contributed by atoms with E-state index in [9.17, 15) is 9.59 Å². The summed E-state index contributed by atoms with van der Waals surface area (Å²) in [7, 11) is 0. The van der Waals surface area contributed by atoms with Gasteiger partial charge in [-0.2, -0.15) is 5.26 Å². The Hall–Kier alpha value is -2.61. The second kappa shape index (κ2) is 9.93. The first-order chi connectivity index (χ1) is 14.4. The zero-order valence-corrected chi connectivity index (χ0v) is 18.4. The van der Waals surface area contributed by atoms with E-state index in [-0.39, 0.29) is 11.8 Å². The number of carbonyl (C=O) groups is 2. The summed E-state index contributed by atoms with van der Waals surface area (Å²) in [5.41, 5.74) is 2.39. The Kier molecular flexibility index (Phi) is 7.31. The van der Waals surface area contributed by atoms with Crippen molar-refractivity contribution in [3.63, 3.8) is 0 Å². The van der Waals surface area contributed by atoms with Crippen LogP contribution in [0.1, 0.15) is 62.4 Å². The molecule has 1 saturated heterocycles. The molecule has 3 atom stereocenters. The Balaban J connectivity index is 1.63. The summed E-state index contributed by atoms with van der Waals surface area (Å²) in [5, 5.41) is 12.0. The molecule has 0 spiro atoms. The van der Waals surface area contributed by atoms with Crippen molar-refractivity contribution in [2.45, 2.75) is 46.5 Å². The van der Waals surface area contributed by atoms with Crippen LogP contribution in [0.25, 0.3) is 0 Å². The molecule has 0 aromatic heterocycles. The van der Waals surface area contributed by atoms with Gasteiger partial charge >= 0.3 is 0 Å². The molecule has 1 N–H and O–H groups in total. The lowest BCUT2D eigenvalue weighted by Gasteiger charge is -2.37. The predicted molar refractivity (Wildman–Crippen MR) is 118 cm³/mol. The van der Waals surface area contributed by atoms with Crippen LogP contribution >= 0.6 is 0 Å². The minimum atomic E-state index is -0.112. The summed E-state index contributed by atoms with van der Waals surface area (Å²) in [5.74, 6) is 1.67. The SMILES string of the molecule is CC1=C[C@@H](CNC(=O)c2ccc(C#N)cc2)[C@H](C(C)C)C[C@H]1CC(=O)N1CCCC1. The average molecular weight is 408 g/mol. The largest absolute Gasteiger partial charge is 0.351 e. The third kappa shape index (κ3) is 5.30. The van der Waals surface area contributed by atoms with Crippen molar-refractivity contribution in [3.05, 3.63) is 47.0 Å². The van der Waals surface area contributed by atoms with Crippen LogP contribution in [-0.4, -0.2) is 36.3 Å². The lowest BCUT2D eigenvalue weighted by molar-refractivity contribution is -0.131. The highest BCUT2D eigenvalue weighted by molar-refractivity contribution is 5.94. The fourth-order valence-electron chi connectivity index (χ4n) is 4.82. The average Bonchev–Trinajstić information content (AvgIpc) is 3.28. The Morgan fingerprint density at radius 1 is 1.20 bits per heavy atom. The van der Waals surface area contributed by atoms with Crippen LogP contribution in [0, 0.1) is 35.0 Å². The maximum absolute atomic E-state index is 12.7. The topological polar surface area (TPSA) is 73.2 Å². The maximum Gasteiger partial charge on any atom is 0.251 e. The third-order valence-corrected chi connectivity index (χ3v) is 6.74. The van der Waals surface area contributed by atoms with Gasteiger partial charge in [0.15, 0.2) is 0 Å². The molecule has 5 heteroatoms. The summed E-state index contributed by atoms with van der Waals surface area (Å²) < 4.78 is 0. The van der Waals surface area contributed by atoms with Crippen molar-refractivity contribution in [1.82, 2.24) is 10.2 Å². The van der Waals surface area contributed by atoms with Gasteiger partial charge in [-0.1, -0.05) is 25.5 Å². The van der Waals surface area contributed by atoms with Crippen LogP contribution in [-0.2, 0) is 4.79 Å². The van der Waals surface area contributed by atoms with Crippen molar-refractivity contribution in [3.8, 4) is 6.07 Å². The number of allylic oxidation sites excluding steroid dienone is 1. The van der Waals surface area contributed by atoms with Crippen molar-refractivity contribution in [1.29, 1.82) is 5.26 Å². The molecule has 0 unspecified atom stereocenters. The summed E-state index contributed by atoms with van der Waals surface area (Å²) in [6.07, 6.45) is 6.14. The second-order valence-electron chi connectivity index (χ2n) is 9.11. The third-order valence-electron chi connectivity index (χ3n) is 6.74. The molecule has 0 bridgehead atoms. The van der Waals surface area contributed by atoms with Crippen LogP contribution in [0.4, 0.5) is 0 Å². The molecule has 1 fully saturated rings. The fraction of sp³-hybridized carbons (Fsp3) is 0.560. The van der Waals surface area contributed by atoms with Crippen LogP contribution in [0.2, 0.25) is 0 Å². The molecule has 2 amide bonds. The van der Waals surface area contributed by atoms with E-state index in [1.807, 2.05) is 4.90 Å². The maximum atomic E-state index is 12.7. The smallest absolute Gasteiger partial charge is 0.251 e. The Morgan fingerprint density at radius 2 is 1.87 bits per heavy atom.